The van der Waals surface area contributed by atoms with E-state index in [9.17, 15) is 4.39 Å². The Labute approximate surface area is 165 Å². The van der Waals surface area contributed by atoms with Crippen molar-refractivity contribution in [1.82, 2.24) is 15.0 Å². The SMILES string of the molecule is Fc1ccc(Cl)cc1-c1cc(-c2cnc3ccccc3c2)c2cccnc2n1. The molecule has 5 heteroatoms. The van der Waals surface area contributed by atoms with Crippen molar-refractivity contribution < 1.29 is 4.39 Å². The van der Waals surface area contributed by atoms with E-state index in [2.05, 4.69) is 21.0 Å². The number of hydrogen-bond donors (Lipinski definition) is 0. The first kappa shape index (κ1) is 16.8. The highest BCUT2D eigenvalue weighted by molar-refractivity contribution is 6.30. The van der Waals surface area contributed by atoms with Gasteiger partial charge in [0.15, 0.2) is 5.65 Å². The molecular weight excluding hydrogens is 373 g/mol. The number of benzene rings is 2. The zero-order valence-corrected chi connectivity index (χ0v) is 15.4. The van der Waals surface area contributed by atoms with Crippen LogP contribution in [-0.2, 0) is 0 Å². The molecule has 3 aromatic heterocycles. The topological polar surface area (TPSA) is 38.7 Å². The lowest BCUT2D eigenvalue weighted by Crippen LogP contribution is -1.94. The van der Waals surface area contributed by atoms with Crippen LogP contribution in [0.2, 0.25) is 5.02 Å². The highest BCUT2D eigenvalue weighted by Gasteiger charge is 2.14. The normalized spacial score (nSPS) is 11.2. The Morgan fingerprint density at radius 1 is 0.821 bits per heavy atom. The fourth-order valence-corrected chi connectivity index (χ4v) is 3.52. The molecule has 5 rings (SSSR count). The minimum absolute atomic E-state index is 0.343. The number of pyridine rings is 3. The summed E-state index contributed by atoms with van der Waals surface area (Å²) in [4.78, 5) is 13.5. The van der Waals surface area contributed by atoms with E-state index in [1.807, 2.05) is 48.7 Å². The van der Waals surface area contributed by atoms with Crippen molar-refractivity contribution in [3.05, 3.63) is 90.0 Å². The lowest BCUT2D eigenvalue weighted by atomic mass is 9.99. The van der Waals surface area contributed by atoms with E-state index in [1.54, 1.807) is 12.3 Å². The highest BCUT2D eigenvalue weighted by atomic mass is 35.5. The zero-order chi connectivity index (χ0) is 19.1. The van der Waals surface area contributed by atoms with E-state index in [0.29, 0.717) is 21.9 Å². The Hall–Kier alpha value is -3.37. The van der Waals surface area contributed by atoms with Crippen molar-refractivity contribution in [3.8, 4) is 22.4 Å². The summed E-state index contributed by atoms with van der Waals surface area (Å²) < 4.78 is 14.5. The monoisotopic (exact) mass is 385 g/mol. The van der Waals surface area contributed by atoms with Gasteiger partial charge in [0.2, 0.25) is 0 Å². The Kier molecular flexibility index (Phi) is 3.99. The first-order valence-electron chi connectivity index (χ1n) is 8.75. The molecule has 0 spiro atoms. The second-order valence-corrected chi connectivity index (χ2v) is 6.91. The third-order valence-corrected chi connectivity index (χ3v) is 4.93. The van der Waals surface area contributed by atoms with Gasteiger partial charge in [0.25, 0.3) is 0 Å². The fourth-order valence-electron chi connectivity index (χ4n) is 3.35. The maximum Gasteiger partial charge on any atom is 0.160 e. The number of fused-ring (bicyclic) bond motifs is 2. The van der Waals surface area contributed by atoms with E-state index < -0.39 is 0 Å². The Balaban J connectivity index is 1.80. The molecule has 0 amide bonds. The van der Waals surface area contributed by atoms with Crippen LogP contribution in [0.25, 0.3) is 44.3 Å². The molecule has 0 aliphatic rings. The first-order valence-corrected chi connectivity index (χ1v) is 9.13. The number of hydrogen-bond acceptors (Lipinski definition) is 3. The molecule has 134 valence electrons. The summed E-state index contributed by atoms with van der Waals surface area (Å²) in [5, 5.41) is 2.36. The standard InChI is InChI=1S/C23H13ClFN3/c24-16-7-8-20(25)19(11-16)22-12-18(17-5-3-9-26-23(17)28-22)15-10-14-4-1-2-6-21(14)27-13-15/h1-13H. The average molecular weight is 386 g/mol. The largest absolute Gasteiger partial charge is 0.256 e. The summed E-state index contributed by atoms with van der Waals surface area (Å²) in [6.07, 6.45) is 3.50. The molecule has 3 nitrogen and oxygen atoms in total. The van der Waals surface area contributed by atoms with Crippen LogP contribution < -0.4 is 0 Å². The van der Waals surface area contributed by atoms with Crippen molar-refractivity contribution >= 4 is 33.5 Å². The van der Waals surface area contributed by atoms with Gasteiger partial charge in [0.05, 0.1) is 11.2 Å². The van der Waals surface area contributed by atoms with Gasteiger partial charge < -0.3 is 0 Å². The quantitative estimate of drug-likeness (QED) is 0.357. The maximum atomic E-state index is 14.5. The minimum Gasteiger partial charge on any atom is -0.256 e. The third kappa shape index (κ3) is 2.88. The van der Waals surface area contributed by atoms with Gasteiger partial charge in [-0.2, -0.15) is 0 Å². The number of para-hydroxylation sites is 1. The predicted molar refractivity (Wildman–Crippen MR) is 111 cm³/mol. The molecule has 0 fully saturated rings. The average Bonchev–Trinajstić information content (AvgIpc) is 2.74. The van der Waals surface area contributed by atoms with Gasteiger partial charge >= 0.3 is 0 Å². The van der Waals surface area contributed by atoms with Crippen molar-refractivity contribution in [1.29, 1.82) is 0 Å². The molecule has 5 aromatic rings. The van der Waals surface area contributed by atoms with Crippen molar-refractivity contribution in [2.45, 2.75) is 0 Å². The molecule has 28 heavy (non-hydrogen) atoms. The number of nitrogens with zero attached hydrogens (tertiary/aromatic N) is 3. The summed E-state index contributed by atoms with van der Waals surface area (Å²) in [5.41, 5.74) is 4.10. The first-order chi connectivity index (χ1) is 13.7. The van der Waals surface area contributed by atoms with Crippen LogP contribution in [0.5, 0.6) is 0 Å². The van der Waals surface area contributed by atoms with Gasteiger partial charge in [-0.25, -0.2) is 14.4 Å². The molecule has 0 atom stereocenters. The van der Waals surface area contributed by atoms with E-state index in [4.69, 9.17) is 11.6 Å². The minimum atomic E-state index is -0.380. The van der Waals surface area contributed by atoms with Crippen molar-refractivity contribution in [2.75, 3.05) is 0 Å². The molecule has 0 saturated heterocycles. The van der Waals surface area contributed by atoms with Crippen LogP contribution >= 0.6 is 11.6 Å². The van der Waals surface area contributed by atoms with Gasteiger partial charge in [-0.15, -0.1) is 0 Å². The third-order valence-electron chi connectivity index (χ3n) is 4.69. The van der Waals surface area contributed by atoms with Crippen LogP contribution in [0.15, 0.2) is 79.1 Å². The summed E-state index contributed by atoms with van der Waals surface area (Å²) in [5.74, 6) is -0.380. The van der Waals surface area contributed by atoms with Crippen LogP contribution in [0, 0.1) is 5.82 Å². The Morgan fingerprint density at radius 3 is 2.64 bits per heavy atom. The molecule has 0 saturated carbocycles. The second kappa shape index (κ2) is 6.66. The van der Waals surface area contributed by atoms with Crippen LogP contribution in [-0.4, -0.2) is 15.0 Å². The number of rotatable bonds is 2. The smallest absolute Gasteiger partial charge is 0.160 e. The molecule has 2 aromatic carbocycles. The van der Waals surface area contributed by atoms with Crippen molar-refractivity contribution in [2.24, 2.45) is 0 Å². The Bertz CT molecular complexity index is 1350. The van der Waals surface area contributed by atoms with Gasteiger partial charge in [0.1, 0.15) is 5.82 Å². The number of halogens is 2. The Morgan fingerprint density at radius 2 is 1.71 bits per heavy atom. The summed E-state index contributed by atoms with van der Waals surface area (Å²) in [7, 11) is 0. The van der Waals surface area contributed by atoms with Crippen molar-refractivity contribution in [3.63, 3.8) is 0 Å². The van der Waals surface area contributed by atoms with Crippen LogP contribution in [0.3, 0.4) is 0 Å². The lowest BCUT2D eigenvalue weighted by molar-refractivity contribution is 0.631. The van der Waals surface area contributed by atoms with Gasteiger partial charge in [0, 0.05) is 39.3 Å². The van der Waals surface area contributed by atoms with E-state index in [0.717, 1.165) is 27.4 Å². The van der Waals surface area contributed by atoms with E-state index in [-0.39, 0.29) is 5.82 Å². The molecule has 0 N–H and O–H groups in total. The highest BCUT2D eigenvalue weighted by Crippen LogP contribution is 2.33. The molecule has 0 radical (unpaired) electrons. The molecule has 0 unspecified atom stereocenters. The summed E-state index contributed by atoms with van der Waals surface area (Å²) in [6, 6.07) is 20.1. The number of aromatic nitrogens is 3. The van der Waals surface area contributed by atoms with Crippen LogP contribution in [0.1, 0.15) is 0 Å². The van der Waals surface area contributed by atoms with Gasteiger partial charge in [-0.05, 0) is 54.1 Å². The molecule has 0 aliphatic carbocycles. The fraction of sp³-hybridized carbons (Fsp3) is 0. The molecular formula is C23H13ClFN3. The van der Waals surface area contributed by atoms with Gasteiger partial charge in [-0.1, -0.05) is 29.8 Å². The zero-order valence-electron chi connectivity index (χ0n) is 14.6. The molecule has 0 bridgehead atoms. The van der Waals surface area contributed by atoms with E-state index >= 15 is 0 Å². The summed E-state index contributed by atoms with van der Waals surface area (Å²) >= 11 is 6.09. The predicted octanol–water partition coefficient (Wildman–Crippen LogP) is 6.30. The van der Waals surface area contributed by atoms with Gasteiger partial charge in [-0.3, -0.25) is 4.98 Å². The second-order valence-electron chi connectivity index (χ2n) is 6.47. The van der Waals surface area contributed by atoms with Crippen LogP contribution in [0.4, 0.5) is 4.39 Å². The lowest BCUT2D eigenvalue weighted by Gasteiger charge is -2.11. The van der Waals surface area contributed by atoms with E-state index in [1.165, 1.54) is 12.1 Å². The molecule has 3 heterocycles. The summed E-state index contributed by atoms with van der Waals surface area (Å²) in [6.45, 7) is 0. The maximum absolute atomic E-state index is 14.5. The molecule has 0 aliphatic heterocycles.